The number of carbonyl (C=O) groups is 1. The first kappa shape index (κ1) is 23.4. The molecule has 0 saturated carbocycles. The molecule has 0 radical (unpaired) electrons. The zero-order valence-corrected chi connectivity index (χ0v) is 20.1. The van der Waals surface area contributed by atoms with Gasteiger partial charge in [-0.3, -0.25) is 9.69 Å². The van der Waals surface area contributed by atoms with Gasteiger partial charge in [-0.1, -0.05) is 6.58 Å². The molecule has 1 amide bonds. The van der Waals surface area contributed by atoms with E-state index in [9.17, 15) is 4.79 Å². The smallest absolute Gasteiger partial charge is 0.245 e. The van der Waals surface area contributed by atoms with E-state index in [1.165, 1.54) is 17.3 Å². The molecule has 0 aliphatic carbocycles. The molecule has 1 atom stereocenters. The largest absolute Gasteiger partial charge is 0.395 e. The minimum atomic E-state index is 0.0118. The molecule has 4 heterocycles. The SMILES string of the molecule is C=CC(=O)N1CCCC(c2ccn3cnc(Nc4ccc(N5CCN(CCO)CC5)cc4)cc23)C1. The Labute approximate surface area is 206 Å². The van der Waals surface area contributed by atoms with Crippen LogP contribution in [0.25, 0.3) is 5.52 Å². The molecule has 0 bridgehead atoms. The molecule has 1 unspecified atom stereocenters. The number of amides is 1. The van der Waals surface area contributed by atoms with Crippen LogP contribution in [-0.2, 0) is 4.79 Å². The second-order valence-electron chi connectivity index (χ2n) is 9.39. The lowest BCUT2D eigenvalue weighted by molar-refractivity contribution is -0.127. The number of carbonyl (C=O) groups excluding carboxylic acids is 1. The van der Waals surface area contributed by atoms with Crippen molar-refractivity contribution in [3.05, 3.63) is 67.1 Å². The summed E-state index contributed by atoms with van der Waals surface area (Å²) in [5.41, 5.74) is 4.59. The van der Waals surface area contributed by atoms with E-state index in [1.807, 2.05) is 21.8 Å². The molecule has 184 valence electrons. The van der Waals surface area contributed by atoms with E-state index in [-0.39, 0.29) is 12.5 Å². The van der Waals surface area contributed by atoms with Crippen LogP contribution in [0.2, 0.25) is 0 Å². The summed E-state index contributed by atoms with van der Waals surface area (Å²) in [6.45, 7) is 10.0. The molecule has 2 N–H and O–H groups in total. The number of nitrogens with zero attached hydrogens (tertiary/aromatic N) is 5. The van der Waals surface area contributed by atoms with E-state index < -0.39 is 0 Å². The van der Waals surface area contributed by atoms with Gasteiger partial charge in [0.15, 0.2) is 0 Å². The molecule has 2 saturated heterocycles. The lowest BCUT2D eigenvalue weighted by Gasteiger charge is -2.35. The summed E-state index contributed by atoms with van der Waals surface area (Å²) >= 11 is 0. The number of fused-ring (bicyclic) bond motifs is 1. The van der Waals surface area contributed by atoms with Crippen LogP contribution in [0.15, 0.2) is 61.6 Å². The van der Waals surface area contributed by atoms with Crippen LogP contribution in [0.1, 0.15) is 24.3 Å². The number of hydrogen-bond acceptors (Lipinski definition) is 6. The maximum absolute atomic E-state index is 12.1. The first-order chi connectivity index (χ1) is 17.1. The Bertz CT molecular complexity index is 1170. The molecule has 1 aromatic carbocycles. The number of nitrogens with one attached hydrogen (secondary N) is 1. The molecule has 5 rings (SSSR count). The Hall–Kier alpha value is -3.36. The fraction of sp³-hybridized carbons (Fsp3) is 0.407. The van der Waals surface area contributed by atoms with Crippen molar-refractivity contribution in [3.63, 3.8) is 0 Å². The lowest BCUT2D eigenvalue weighted by atomic mass is 9.91. The third-order valence-electron chi connectivity index (χ3n) is 7.22. The first-order valence-electron chi connectivity index (χ1n) is 12.5. The highest BCUT2D eigenvalue weighted by Crippen LogP contribution is 2.32. The molecule has 0 spiro atoms. The molecular formula is C27H34N6O2. The molecule has 8 heteroatoms. The van der Waals surface area contributed by atoms with Gasteiger partial charge in [0.25, 0.3) is 0 Å². The number of anilines is 3. The maximum atomic E-state index is 12.1. The highest BCUT2D eigenvalue weighted by atomic mass is 16.3. The standard InChI is InChI=1S/C27H34N6O2/c1-2-27(35)32-10-3-4-21(19-32)24-9-11-33-20-28-26(18-25(24)33)29-22-5-7-23(8-6-22)31-14-12-30(13-15-31)16-17-34/h2,5-9,11,18,20-21,29,34H,1,3-4,10,12-17,19H2. The van der Waals surface area contributed by atoms with Gasteiger partial charge in [-0.05, 0) is 54.8 Å². The average molecular weight is 475 g/mol. The first-order valence-corrected chi connectivity index (χ1v) is 12.5. The van der Waals surface area contributed by atoms with E-state index in [1.54, 1.807) is 0 Å². The van der Waals surface area contributed by atoms with Gasteiger partial charge in [0.05, 0.1) is 12.1 Å². The molecule has 2 aliphatic rings. The quantitative estimate of drug-likeness (QED) is 0.513. The van der Waals surface area contributed by atoms with Crippen LogP contribution in [-0.4, -0.2) is 82.6 Å². The van der Waals surface area contributed by atoms with E-state index >= 15 is 0 Å². The predicted octanol–water partition coefficient (Wildman–Crippen LogP) is 3.08. The van der Waals surface area contributed by atoms with Crippen LogP contribution >= 0.6 is 0 Å². The van der Waals surface area contributed by atoms with Gasteiger partial charge in [0.2, 0.25) is 5.91 Å². The van der Waals surface area contributed by atoms with Crippen molar-refractivity contribution in [2.24, 2.45) is 0 Å². The highest BCUT2D eigenvalue weighted by molar-refractivity contribution is 5.87. The van der Waals surface area contributed by atoms with Crippen LogP contribution in [0.4, 0.5) is 17.2 Å². The number of aliphatic hydroxyl groups excluding tert-OH is 1. The van der Waals surface area contributed by atoms with E-state index in [4.69, 9.17) is 5.11 Å². The van der Waals surface area contributed by atoms with Crippen molar-refractivity contribution in [3.8, 4) is 0 Å². The number of hydrogen-bond donors (Lipinski definition) is 2. The van der Waals surface area contributed by atoms with Gasteiger partial charge in [0, 0.05) is 75.4 Å². The van der Waals surface area contributed by atoms with Crippen molar-refractivity contribution >= 4 is 28.6 Å². The van der Waals surface area contributed by atoms with Gasteiger partial charge < -0.3 is 24.6 Å². The van der Waals surface area contributed by atoms with Gasteiger partial charge >= 0.3 is 0 Å². The Morgan fingerprint density at radius 3 is 2.69 bits per heavy atom. The van der Waals surface area contributed by atoms with Gasteiger partial charge in [-0.25, -0.2) is 4.98 Å². The molecule has 35 heavy (non-hydrogen) atoms. The summed E-state index contributed by atoms with van der Waals surface area (Å²) in [5.74, 6) is 1.13. The van der Waals surface area contributed by atoms with Crippen molar-refractivity contribution < 1.29 is 9.90 Å². The second-order valence-corrected chi connectivity index (χ2v) is 9.39. The van der Waals surface area contributed by atoms with Crippen molar-refractivity contribution in [2.45, 2.75) is 18.8 Å². The maximum Gasteiger partial charge on any atom is 0.245 e. The highest BCUT2D eigenvalue weighted by Gasteiger charge is 2.25. The van der Waals surface area contributed by atoms with Crippen molar-refractivity contribution in [1.82, 2.24) is 19.2 Å². The summed E-state index contributed by atoms with van der Waals surface area (Å²) in [6.07, 6.45) is 7.37. The third kappa shape index (κ3) is 5.18. The molecule has 2 aromatic heterocycles. The monoisotopic (exact) mass is 474 g/mol. The van der Waals surface area contributed by atoms with Crippen molar-refractivity contribution in [1.29, 1.82) is 0 Å². The summed E-state index contributed by atoms with van der Waals surface area (Å²) in [6, 6.07) is 12.7. The van der Waals surface area contributed by atoms with Crippen LogP contribution < -0.4 is 10.2 Å². The predicted molar refractivity (Wildman–Crippen MR) is 139 cm³/mol. The molecular weight excluding hydrogens is 440 g/mol. The number of benzene rings is 1. The van der Waals surface area contributed by atoms with E-state index in [2.05, 4.69) is 63.1 Å². The van der Waals surface area contributed by atoms with Crippen LogP contribution in [0.5, 0.6) is 0 Å². The topological polar surface area (TPSA) is 76.4 Å². The number of rotatable bonds is 7. The van der Waals surface area contributed by atoms with Gasteiger partial charge in [-0.15, -0.1) is 0 Å². The second kappa shape index (κ2) is 10.5. The van der Waals surface area contributed by atoms with E-state index in [0.29, 0.717) is 5.92 Å². The summed E-state index contributed by atoms with van der Waals surface area (Å²) in [7, 11) is 0. The Morgan fingerprint density at radius 2 is 1.94 bits per heavy atom. The minimum absolute atomic E-state index is 0.0118. The Kier molecular flexibility index (Phi) is 7.01. The normalized spacial score (nSPS) is 19.2. The fourth-order valence-corrected chi connectivity index (χ4v) is 5.27. The fourth-order valence-electron chi connectivity index (χ4n) is 5.27. The number of likely N-dealkylation sites (tertiary alicyclic amines) is 1. The Balaban J connectivity index is 1.27. The van der Waals surface area contributed by atoms with Gasteiger partial charge in [0.1, 0.15) is 12.1 Å². The molecule has 3 aromatic rings. The number of β-amino-alcohol motifs (C(OH)–C–C–N with tert-alkyl or cyclic N) is 1. The lowest BCUT2D eigenvalue weighted by Crippen LogP contribution is -2.47. The number of piperidine rings is 1. The molecule has 2 fully saturated rings. The van der Waals surface area contributed by atoms with Gasteiger partial charge in [-0.2, -0.15) is 0 Å². The number of aromatic nitrogens is 2. The Morgan fingerprint density at radius 1 is 1.14 bits per heavy atom. The summed E-state index contributed by atoms with van der Waals surface area (Å²) < 4.78 is 2.05. The minimum Gasteiger partial charge on any atom is -0.395 e. The van der Waals surface area contributed by atoms with Crippen LogP contribution in [0.3, 0.4) is 0 Å². The summed E-state index contributed by atoms with van der Waals surface area (Å²) in [4.78, 5) is 23.3. The number of aliphatic hydroxyl groups is 1. The molecule has 8 nitrogen and oxygen atoms in total. The van der Waals surface area contributed by atoms with Crippen molar-refractivity contribution in [2.75, 3.05) is 62.6 Å². The molecule has 2 aliphatic heterocycles. The zero-order chi connectivity index (χ0) is 24.2. The van der Waals surface area contributed by atoms with E-state index in [0.717, 1.165) is 75.7 Å². The van der Waals surface area contributed by atoms with Crippen LogP contribution in [0, 0.1) is 0 Å². The zero-order valence-electron chi connectivity index (χ0n) is 20.1. The average Bonchev–Trinajstić information content (AvgIpc) is 3.33. The third-order valence-corrected chi connectivity index (χ3v) is 7.22. The summed E-state index contributed by atoms with van der Waals surface area (Å²) in [5, 5.41) is 12.6. The number of piperazine rings is 1.